The predicted molar refractivity (Wildman–Crippen MR) is 98.9 cm³/mol. The molecule has 0 bridgehead atoms. The summed E-state index contributed by atoms with van der Waals surface area (Å²) in [5, 5.41) is 10.3. The van der Waals surface area contributed by atoms with E-state index >= 15 is 0 Å². The molecule has 1 aliphatic rings. The van der Waals surface area contributed by atoms with Gasteiger partial charge in [-0.05, 0) is 36.6 Å². The van der Waals surface area contributed by atoms with Gasteiger partial charge < -0.3 is 10.2 Å². The van der Waals surface area contributed by atoms with Crippen LogP contribution in [0.2, 0.25) is 0 Å². The fraction of sp³-hybridized carbons (Fsp3) is 0.526. The molecule has 0 radical (unpaired) electrons. The van der Waals surface area contributed by atoms with E-state index in [0.717, 1.165) is 37.4 Å². The van der Waals surface area contributed by atoms with Gasteiger partial charge in [-0.15, -0.1) is 0 Å². The Morgan fingerprint density at radius 3 is 2.84 bits per heavy atom. The number of nitrogens with zero attached hydrogens (tertiary/aromatic N) is 3. The highest BCUT2D eigenvalue weighted by atomic mass is 16.2. The van der Waals surface area contributed by atoms with Crippen LogP contribution in [0, 0.1) is 0 Å². The predicted octanol–water partition coefficient (Wildman–Crippen LogP) is 3.16. The van der Waals surface area contributed by atoms with Crippen molar-refractivity contribution in [2.75, 3.05) is 25.5 Å². The molecule has 6 nitrogen and oxygen atoms in total. The molecule has 2 N–H and O–H groups in total. The van der Waals surface area contributed by atoms with E-state index in [2.05, 4.69) is 47.3 Å². The number of pyridine rings is 1. The maximum absolute atomic E-state index is 12.9. The number of rotatable bonds is 3. The van der Waals surface area contributed by atoms with Gasteiger partial charge in [0.25, 0.3) is 5.91 Å². The topological polar surface area (TPSA) is 73.9 Å². The lowest BCUT2D eigenvalue weighted by Crippen LogP contribution is -2.39. The molecule has 2 aromatic rings. The molecule has 1 aliphatic heterocycles. The largest absolute Gasteiger partial charge is 0.373 e. The summed E-state index contributed by atoms with van der Waals surface area (Å²) in [4.78, 5) is 19.1. The van der Waals surface area contributed by atoms with E-state index in [-0.39, 0.29) is 11.3 Å². The zero-order valence-corrected chi connectivity index (χ0v) is 15.5. The van der Waals surface area contributed by atoms with Crippen LogP contribution >= 0.6 is 0 Å². The second kappa shape index (κ2) is 6.86. The summed E-state index contributed by atoms with van der Waals surface area (Å²) in [6.45, 7) is 7.83. The molecule has 0 aliphatic carbocycles. The quantitative estimate of drug-likeness (QED) is 0.899. The third-order valence-electron chi connectivity index (χ3n) is 4.83. The number of hydrogen-bond donors (Lipinski definition) is 2. The number of aromatic amines is 1. The van der Waals surface area contributed by atoms with E-state index < -0.39 is 0 Å². The zero-order chi connectivity index (χ0) is 18.0. The lowest BCUT2D eigenvalue weighted by molar-refractivity contribution is 0.0701. The highest BCUT2D eigenvalue weighted by Gasteiger charge is 2.28. The number of carbonyl (C=O) groups is 1. The molecule has 2 aromatic heterocycles. The Morgan fingerprint density at radius 1 is 1.36 bits per heavy atom. The van der Waals surface area contributed by atoms with Crippen molar-refractivity contribution in [2.24, 2.45) is 0 Å². The highest BCUT2D eigenvalue weighted by Crippen LogP contribution is 2.29. The van der Waals surface area contributed by atoms with Gasteiger partial charge >= 0.3 is 0 Å². The molecule has 0 saturated carbocycles. The smallest absolute Gasteiger partial charge is 0.274 e. The Bertz CT molecular complexity index is 746. The molecule has 6 heteroatoms. The summed E-state index contributed by atoms with van der Waals surface area (Å²) >= 11 is 0. The van der Waals surface area contributed by atoms with Gasteiger partial charge in [0.1, 0.15) is 11.5 Å². The molecule has 3 heterocycles. The lowest BCUT2D eigenvalue weighted by Gasteiger charge is -2.32. The molecule has 0 aromatic carbocycles. The van der Waals surface area contributed by atoms with Crippen LogP contribution < -0.4 is 5.32 Å². The monoisotopic (exact) mass is 341 g/mol. The van der Waals surface area contributed by atoms with Gasteiger partial charge in [-0.1, -0.05) is 20.8 Å². The summed E-state index contributed by atoms with van der Waals surface area (Å²) in [6, 6.07) is 6.01. The van der Waals surface area contributed by atoms with E-state index in [0.29, 0.717) is 11.6 Å². The molecule has 0 spiro atoms. The van der Waals surface area contributed by atoms with Gasteiger partial charge in [0.2, 0.25) is 0 Å². The van der Waals surface area contributed by atoms with Crippen molar-refractivity contribution >= 4 is 11.7 Å². The Labute approximate surface area is 149 Å². The SMILES string of the molecule is CNc1cc([C@H]2CCCN(C(=O)c3cc(C(C)(C)C)[nH]n3)C2)ccn1. The van der Waals surface area contributed by atoms with Crippen LogP contribution in [0.5, 0.6) is 0 Å². The zero-order valence-electron chi connectivity index (χ0n) is 15.5. The summed E-state index contributed by atoms with van der Waals surface area (Å²) in [5.74, 6) is 1.22. The van der Waals surface area contributed by atoms with Crippen LogP contribution in [0.1, 0.15) is 61.3 Å². The minimum Gasteiger partial charge on any atom is -0.373 e. The molecular formula is C19H27N5O. The number of amides is 1. The van der Waals surface area contributed by atoms with E-state index in [1.54, 1.807) is 0 Å². The second-order valence-corrected chi connectivity index (χ2v) is 7.73. The van der Waals surface area contributed by atoms with Crippen LogP contribution in [-0.4, -0.2) is 46.1 Å². The molecule has 25 heavy (non-hydrogen) atoms. The number of hydrogen-bond acceptors (Lipinski definition) is 4. The number of anilines is 1. The van der Waals surface area contributed by atoms with Crippen molar-refractivity contribution in [2.45, 2.75) is 44.9 Å². The van der Waals surface area contributed by atoms with Gasteiger partial charge in [0, 0.05) is 43.4 Å². The van der Waals surface area contributed by atoms with E-state index in [9.17, 15) is 4.79 Å². The van der Waals surface area contributed by atoms with Gasteiger partial charge in [-0.3, -0.25) is 9.89 Å². The minimum absolute atomic E-state index is 0.0133. The molecule has 1 saturated heterocycles. The van der Waals surface area contributed by atoms with Crippen LogP contribution in [-0.2, 0) is 5.41 Å². The summed E-state index contributed by atoms with van der Waals surface area (Å²) in [6.07, 6.45) is 3.92. The van der Waals surface area contributed by atoms with E-state index in [1.165, 1.54) is 5.56 Å². The summed E-state index contributed by atoms with van der Waals surface area (Å²) in [5.41, 5.74) is 2.68. The second-order valence-electron chi connectivity index (χ2n) is 7.73. The number of aromatic nitrogens is 3. The normalized spacial score (nSPS) is 18.2. The Morgan fingerprint density at radius 2 is 2.16 bits per heavy atom. The van der Waals surface area contributed by atoms with Crippen molar-refractivity contribution in [1.82, 2.24) is 20.1 Å². The fourth-order valence-corrected chi connectivity index (χ4v) is 3.25. The third kappa shape index (κ3) is 3.83. The first-order valence-corrected chi connectivity index (χ1v) is 8.87. The first-order chi connectivity index (χ1) is 11.9. The maximum Gasteiger partial charge on any atom is 0.274 e. The van der Waals surface area contributed by atoms with Crippen molar-refractivity contribution in [3.8, 4) is 0 Å². The molecular weight excluding hydrogens is 314 g/mol. The van der Waals surface area contributed by atoms with Crippen molar-refractivity contribution in [3.05, 3.63) is 41.3 Å². The third-order valence-corrected chi connectivity index (χ3v) is 4.83. The van der Waals surface area contributed by atoms with Crippen molar-refractivity contribution in [1.29, 1.82) is 0 Å². The Kier molecular flexibility index (Phi) is 4.79. The first kappa shape index (κ1) is 17.5. The molecule has 1 fully saturated rings. The van der Waals surface area contributed by atoms with Gasteiger partial charge in [-0.2, -0.15) is 5.10 Å². The number of carbonyl (C=O) groups excluding carboxylic acids is 1. The number of likely N-dealkylation sites (tertiary alicyclic amines) is 1. The lowest BCUT2D eigenvalue weighted by atomic mass is 9.90. The van der Waals surface area contributed by atoms with Crippen LogP contribution in [0.3, 0.4) is 0 Å². The number of piperidine rings is 1. The average molecular weight is 341 g/mol. The Hall–Kier alpha value is -2.37. The van der Waals surface area contributed by atoms with Crippen LogP contribution in [0.15, 0.2) is 24.4 Å². The molecule has 1 atom stereocenters. The molecule has 0 unspecified atom stereocenters. The first-order valence-electron chi connectivity index (χ1n) is 8.87. The summed E-state index contributed by atoms with van der Waals surface area (Å²) in [7, 11) is 1.87. The molecule has 1 amide bonds. The number of H-pyrrole nitrogens is 1. The van der Waals surface area contributed by atoms with E-state index in [4.69, 9.17) is 0 Å². The Balaban J connectivity index is 1.74. The average Bonchev–Trinajstić information content (AvgIpc) is 3.12. The minimum atomic E-state index is -0.0451. The van der Waals surface area contributed by atoms with Gasteiger partial charge in [-0.25, -0.2) is 4.98 Å². The van der Waals surface area contributed by atoms with Crippen molar-refractivity contribution in [3.63, 3.8) is 0 Å². The molecule has 3 rings (SSSR count). The van der Waals surface area contributed by atoms with Gasteiger partial charge in [0.05, 0.1) is 0 Å². The van der Waals surface area contributed by atoms with Crippen LogP contribution in [0.4, 0.5) is 5.82 Å². The van der Waals surface area contributed by atoms with Crippen molar-refractivity contribution < 1.29 is 4.79 Å². The maximum atomic E-state index is 12.9. The molecule has 134 valence electrons. The highest BCUT2D eigenvalue weighted by molar-refractivity contribution is 5.92. The van der Waals surface area contributed by atoms with Crippen LogP contribution in [0.25, 0.3) is 0 Å². The summed E-state index contributed by atoms with van der Waals surface area (Å²) < 4.78 is 0. The number of nitrogens with one attached hydrogen (secondary N) is 2. The van der Waals surface area contributed by atoms with E-state index in [1.807, 2.05) is 30.3 Å². The standard InChI is InChI=1S/C19H27N5O/c1-19(2,3)16-11-15(22-23-16)18(25)24-9-5-6-14(12-24)13-7-8-21-17(10-13)20-4/h7-8,10-11,14H,5-6,9,12H2,1-4H3,(H,20,21)(H,22,23)/t14-/m0/s1. The van der Waals surface area contributed by atoms with Gasteiger partial charge in [0.15, 0.2) is 0 Å². The fourth-order valence-electron chi connectivity index (χ4n) is 3.25.